The minimum absolute atomic E-state index is 0.0299. The van der Waals surface area contributed by atoms with Gasteiger partial charge in [-0.3, -0.25) is 9.59 Å². The Labute approximate surface area is 227 Å². The van der Waals surface area contributed by atoms with E-state index in [0.717, 1.165) is 22.8 Å². The molecule has 38 heavy (non-hydrogen) atoms. The van der Waals surface area contributed by atoms with Crippen LogP contribution in [0.5, 0.6) is 11.5 Å². The van der Waals surface area contributed by atoms with Crippen LogP contribution in [0.15, 0.2) is 47.7 Å². The van der Waals surface area contributed by atoms with Crippen molar-refractivity contribution in [2.45, 2.75) is 70.4 Å². The zero-order valence-corrected chi connectivity index (χ0v) is 22.8. The molecule has 2 bridgehead atoms. The molecule has 0 saturated heterocycles. The highest BCUT2D eigenvalue weighted by molar-refractivity contribution is 6.30. The van der Waals surface area contributed by atoms with E-state index in [-0.39, 0.29) is 36.3 Å². The molecule has 9 heteroatoms. The summed E-state index contributed by atoms with van der Waals surface area (Å²) in [6.07, 6.45) is 0.229. The summed E-state index contributed by atoms with van der Waals surface area (Å²) in [6.45, 7) is 8.00. The topological polar surface area (TPSA) is 96.9 Å². The highest BCUT2D eigenvalue weighted by Crippen LogP contribution is 2.47. The molecule has 1 fully saturated rings. The van der Waals surface area contributed by atoms with Gasteiger partial charge in [-0.2, -0.15) is 0 Å². The molecule has 2 amide bonds. The number of carbonyl (C=O) groups is 2. The van der Waals surface area contributed by atoms with Gasteiger partial charge < -0.3 is 25.2 Å². The van der Waals surface area contributed by atoms with E-state index in [9.17, 15) is 19.1 Å². The van der Waals surface area contributed by atoms with Gasteiger partial charge in [0.2, 0.25) is 0 Å². The Morgan fingerprint density at radius 1 is 1.00 bits per heavy atom. The average molecular weight is 545 g/mol. The van der Waals surface area contributed by atoms with Gasteiger partial charge in [0.05, 0.1) is 16.7 Å². The molecule has 0 heterocycles. The number of rotatable bonds is 10. The van der Waals surface area contributed by atoms with Crippen LogP contribution in [0, 0.1) is 5.82 Å². The first-order chi connectivity index (χ1) is 18.0. The first-order valence-electron chi connectivity index (χ1n) is 12.8. The third-order valence-corrected chi connectivity index (χ3v) is 7.42. The molecule has 1 saturated carbocycles. The van der Waals surface area contributed by atoms with E-state index in [4.69, 9.17) is 21.1 Å². The summed E-state index contributed by atoms with van der Waals surface area (Å²) in [6, 6.07) is 10.0. The fourth-order valence-electron chi connectivity index (χ4n) is 4.78. The lowest BCUT2D eigenvalue weighted by molar-refractivity contribution is -0.129. The first-order valence-corrected chi connectivity index (χ1v) is 13.2. The molecular weight excluding hydrogens is 511 g/mol. The van der Waals surface area contributed by atoms with Crippen LogP contribution >= 0.6 is 11.6 Å². The Morgan fingerprint density at radius 2 is 1.61 bits per heavy atom. The number of hydrogen-bond acceptors (Lipinski definition) is 5. The number of aliphatic hydroxyl groups excluding tert-OH is 1. The van der Waals surface area contributed by atoms with Crippen LogP contribution in [-0.2, 0) is 9.59 Å². The summed E-state index contributed by atoms with van der Waals surface area (Å²) in [5.41, 5.74) is 3.15. The molecule has 3 N–H and O–H groups in total. The normalized spacial score (nSPS) is 20.3. The van der Waals surface area contributed by atoms with Crippen molar-refractivity contribution in [3.05, 3.63) is 69.6 Å². The van der Waals surface area contributed by atoms with E-state index < -0.39 is 23.4 Å². The molecule has 0 spiro atoms. The predicted molar refractivity (Wildman–Crippen MR) is 143 cm³/mol. The maximum absolute atomic E-state index is 13.5. The predicted octanol–water partition coefficient (Wildman–Crippen LogP) is 4.97. The van der Waals surface area contributed by atoms with Crippen molar-refractivity contribution in [2.24, 2.45) is 0 Å². The van der Waals surface area contributed by atoms with Gasteiger partial charge in [-0.25, -0.2) is 4.39 Å². The number of amides is 2. The van der Waals surface area contributed by atoms with Crippen LogP contribution in [0.25, 0.3) is 0 Å². The zero-order chi connectivity index (χ0) is 27.6. The molecule has 0 unspecified atom stereocenters. The Hall–Kier alpha value is -3.10. The van der Waals surface area contributed by atoms with Crippen LogP contribution in [0.2, 0.25) is 5.02 Å². The van der Waals surface area contributed by atoms with Crippen molar-refractivity contribution in [3.8, 4) is 11.5 Å². The summed E-state index contributed by atoms with van der Waals surface area (Å²) < 4.78 is 24.7. The average Bonchev–Trinajstić information content (AvgIpc) is 2.84. The second-order valence-corrected chi connectivity index (χ2v) is 11.1. The van der Waals surface area contributed by atoms with Gasteiger partial charge in [0, 0.05) is 18.2 Å². The van der Waals surface area contributed by atoms with Crippen LogP contribution in [0.3, 0.4) is 0 Å². The van der Waals surface area contributed by atoms with E-state index in [2.05, 4.69) is 44.4 Å². The molecule has 2 aromatic rings. The SMILES string of the molecule is CC(C)c1cc(OCC(=O)NC23CC(=C(NC(=O)COc4ccc(Cl)c(F)c4)C[C@@H]2O)C3)cc(C(C)C)c1. The lowest BCUT2D eigenvalue weighted by Crippen LogP contribution is -2.65. The van der Waals surface area contributed by atoms with Crippen molar-refractivity contribution < 1.29 is 28.6 Å². The molecule has 5 rings (SSSR count). The molecule has 2 aromatic carbocycles. The lowest BCUT2D eigenvalue weighted by atomic mass is 9.62. The Balaban J connectivity index is 1.29. The van der Waals surface area contributed by atoms with Crippen molar-refractivity contribution in [1.29, 1.82) is 0 Å². The Morgan fingerprint density at radius 3 is 2.18 bits per heavy atom. The summed E-state index contributed by atoms with van der Waals surface area (Å²) in [5.74, 6) is 0.155. The number of benzene rings is 2. The maximum atomic E-state index is 13.5. The first kappa shape index (κ1) is 27.9. The van der Waals surface area contributed by atoms with Gasteiger partial charge in [0.15, 0.2) is 13.2 Å². The second-order valence-electron chi connectivity index (χ2n) is 10.7. The number of nitrogens with one attached hydrogen (secondary N) is 2. The molecule has 0 aliphatic heterocycles. The number of aliphatic hydroxyl groups is 1. The number of ether oxygens (including phenoxy) is 2. The quantitative estimate of drug-likeness (QED) is 0.392. The molecule has 7 nitrogen and oxygen atoms in total. The van der Waals surface area contributed by atoms with Crippen molar-refractivity contribution in [1.82, 2.24) is 10.6 Å². The number of fused-ring (bicyclic) bond motifs is 2. The van der Waals surface area contributed by atoms with Crippen LogP contribution in [0.1, 0.15) is 69.9 Å². The van der Waals surface area contributed by atoms with E-state index in [1.807, 2.05) is 12.1 Å². The van der Waals surface area contributed by atoms with E-state index in [1.165, 1.54) is 12.1 Å². The second kappa shape index (κ2) is 11.3. The summed E-state index contributed by atoms with van der Waals surface area (Å²) in [5, 5.41) is 16.5. The van der Waals surface area contributed by atoms with Gasteiger partial charge in [-0.15, -0.1) is 0 Å². The monoisotopic (exact) mass is 544 g/mol. The maximum Gasteiger partial charge on any atom is 0.262 e. The van der Waals surface area contributed by atoms with Gasteiger partial charge >= 0.3 is 0 Å². The van der Waals surface area contributed by atoms with Gasteiger partial charge in [-0.05, 0) is 65.6 Å². The van der Waals surface area contributed by atoms with Gasteiger partial charge in [0.1, 0.15) is 17.3 Å². The summed E-state index contributed by atoms with van der Waals surface area (Å²) in [4.78, 5) is 25.1. The highest BCUT2D eigenvalue weighted by atomic mass is 35.5. The van der Waals surface area contributed by atoms with Crippen LogP contribution in [0.4, 0.5) is 4.39 Å². The lowest BCUT2D eigenvalue weighted by Gasteiger charge is -2.52. The van der Waals surface area contributed by atoms with Crippen molar-refractivity contribution in [2.75, 3.05) is 13.2 Å². The molecule has 204 valence electrons. The van der Waals surface area contributed by atoms with Crippen molar-refractivity contribution in [3.63, 3.8) is 0 Å². The largest absolute Gasteiger partial charge is 0.484 e. The molecular formula is C29H34ClFN2O5. The third-order valence-electron chi connectivity index (χ3n) is 7.11. The van der Waals surface area contributed by atoms with E-state index in [1.54, 1.807) is 0 Å². The molecule has 0 radical (unpaired) electrons. The molecule has 3 aliphatic rings. The summed E-state index contributed by atoms with van der Waals surface area (Å²) in [7, 11) is 0. The minimum atomic E-state index is -0.859. The van der Waals surface area contributed by atoms with E-state index >= 15 is 0 Å². The standard InChI is InChI=1S/C29H34ClFN2O5/c1-16(2)18-7-19(17(3)4)9-22(8-18)38-15-28(36)33-29-12-20(13-29)25(11-26(29)34)32-27(35)14-37-21-5-6-23(30)24(31)10-21/h5-10,16-17,26,34H,11-15H2,1-4H3,(H,32,35)(H,33,36)/t26-/m0/s1. The smallest absolute Gasteiger partial charge is 0.262 e. The fourth-order valence-corrected chi connectivity index (χ4v) is 4.90. The third kappa shape index (κ3) is 6.30. The minimum Gasteiger partial charge on any atom is -0.484 e. The molecule has 1 atom stereocenters. The number of halogens is 2. The van der Waals surface area contributed by atoms with Gasteiger partial charge in [-0.1, -0.05) is 45.4 Å². The Bertz CT molecular complexity index is 1230. The van der Waals surface area contributed by atoms with E-state index in [0.29, 0.717) is 36.1 Å². The van der Waals surface area contributed by atoms with Crippen LogP contribution in [-0.4, -0.2) is 41.8 Å². The Kier molecular flexibility index (Phi) is 8.33. The number of carbonyl (C=O) groups excluding carboxylic acids is 2. The van der Waals surface area contributed by atoms with Crippen LogP contribution < -0.4 is 20.1 Å². The van der Waals surface area contributed by atoms with Gasteiger partial charge in [0.25, 0.3) is 11.8 Å². The highest BCUT2D eigenvalue weighted by Gasteiger charge is 2.52. The zero-order valence-electron chi connectivity index (χ0n) is 22.1. The summed E-state index contributed by atoms with van der Waals surface area (Å²) >= 11 is 5.65. The fraction of sp³-hybridized carbons (Fsp3) is 0.448. The van der Waals surface area contributed by atoms with Crippen molar-refractivity contribution >= 4 is 23.4 Å². The molecule has 0 aromatic heterocycles. The number of hydrogen-bond donors (Lipinski definition) is 3. The molecule has 3 aliphatic carbocycles.